The number of hydrogen-bond acceptors (Lipinski definition) is 3. The lowest BCUT2D eigenvalue weighted by molar-refractivity contribution is 0.592. The second kappa shape index (κ2) is 7.34. The Bertz CT molecular complexity index is 1710. The van der Waals surface area contributed by atoms with E-state index in [1.165, 1.54) is 27.8 Å². The average molecular weight is 497 g/mol. The summed E-state index contributed by atoms with van der Waals surface area (Å²) in [6.07, 6.45) is 1.88. The molecule has 3 heterocycles. The topological polar surface area (TPSA) is 39.2 Å². The Morgan fingerprint density at radius 3 is 2.14 bits per heavy atom. The highest BCUT2D eigenvalue weighted by Crippen LogP contribution is 2.65. The summed E-state index contributed by atoms with van der Waals surface area (Å²) in [5.41, 5.74) is 10.0. The van der Waals surface area contributed by atoms with E-state index in [1.54, 1.807) is 0 Å². The maximum absolute atomic E-state index is 14.1. The molecule has 178 valence electrons. The van der Waals surface area contributed by atoms with Gasteiger partial charge in [0.2, 0.25) is 0 Å². The summed E-state index contributed by atoms with van der Waals surface area (Å²) in [5, 5.41) is 0. The van der Waals surface area contributed by atoms with Crippen molar-refractivity contribution in [1.82, 2.24) is 4.98 Å². The highest BCUT2D eigenvalue weighted by Gasteiger charge is 2.55. The van der Waals surface area contributed by atoms with Crippen LogP contribution < -0.4 is 4.90 Å². The number of nitrogens with zero attached hydrogens (tertiary/aromatic N) is 2. The minimum atomic E-state index is -1.29. The summed E-state index contributed by atoms with van der Waals surface area (Å²) >= 11 is -1.29. The molecule has 0 saturated carbocycles. The second-order valence-electron chi connectivity index (χ2n) is 10.4. The summed E-state index contributed by atoms with van der Waals surface area (Å²) < 4.78 is 14.1. The van der Waals surface area contributed by atoms with Crippen molar-refractivity contribution in [3.8, 4) is 11.1 Å². The molecule has 0 amide bonds. The maximum Gasteiger partial charge on any atom is 0.182 e. The number of hydrogen-bond donors (Lipinski definition) is 0. The van der Waals surface area contributed by atoms with Gasteiger partial charge in [0.1, 0.15) is 17.2 Å². The van der Waals surface area contributed by atoms with Crippen LogP contribution in [0.25, 0.3) is 11.1 Å². The van der Waals surface area contributed by atoms with E-state index in [1.807, 2.05) is 24.4 Å². The highest BCUT2D eigenvalue weighted by molar-refractivity contribution is 7.92. The van der Waals surface area contributed by atoms with Crippen LogP contribution in [-0.4, -0.2) is 9.54 Å². The summed E-state index contributed by atoms with van der Waals surface area (Å²) in [5.74, 6) is 1.27. The molecule has 0 N–H and O–H groups in total. The van der Waals surface area contributed by atoms with Crippen LogP contribution in [0.3, 0.4) is 0 Å². The molecule has 1 atom stereocenters. The molecule has 2 aliphatic heterocycles. The summed E-state index contributed by atoms with van der Waals surface area (Å²) in [6, 6.07) is 34.4. The van der Waals surface area contributed by atoms with Gasteiger partial charge in [-0.25, -0.2) is 4.98 Å². The number of pyridine rings is 1. The van der Waals surface area contributed by atoms with Gasteiger partial charge in [0.05, 0.1) is 5.41 Å². The van der Waals surface area contributed by atoms with Crippen LogP contribution in [0.15, 0.2) is 113 Å². The van der Waals surface area contributed by atoms with Gasteiger partial charge < -0.3 is 4.55 Å². The molecule has 8 rings (SSSR count). The fourth-order valence-corrected chi connectivity index (χ4v) is 8.07. The van der Waals surface area contributed by atoms with Crippen LogP contribution in [0.4, 0.5) is 17.2 Å². The number of aromatic nitrogens is 1. The van der Waals surface area contributed by atoms with E-state index in [0.717, 1.165) is 38.1 Å². The summed E-state index contributed by atoms with van der Waals surface area (Å²) in [7, 11) is 0. The van der Waals surface area contributed by atoms with E-state index in [-0.39, 0.29) is 0 Å². The van der Waals surface area contributed by atoms with Gasteiger partial charge in [-0.2, -0.15) is 0 Å². The Kier molecular flexibility index (Phi) is 4.22. The van der Waals surface area contributed by atoms with Gasteiger partial charge in [0.15, 0.2) is 9.79 Å². The van der Waals surface area contributed by atoms with Gasteiger partial charge in [-0.15, -0.1) is 0 Å². The Hall–Kier alpha value is -3.86. The third kappa shape index (κ3) is 2.50. The lowest BCUT2D eigenvalue weighted by atomic mass is 9.65. The number of fused-ring (bicyclic) bond motifs is 11. The van der Waals surface area contributed by atoms with Crippen LogP contribution in [0.5, 0.6) is 0 Å². The van der Waals surface area contributed by atoms with Gasteiger partial charge in [-0.1, -0.05) is 86.6 Å². The summed E-state index contributed by atoms with van der Waals surface area (Å²) in [4.78, 5) is 9.00. The van der Waals surface area contributed by atoms with E-state index in [9.17, 15) is 4.55 Å². The number of benzene rings is 4. The minimum Gasteiger partial charge on any atom is -0.606 e. The third-order valence-electron chi connectivity index (χ3n) is 8.27. The molecule has 0 fully saturated rings. The molecule has 4 heteroatoms. The highest BCUT2D eigenvalue weighted by atomic mass is 32.2. The fourth-order valence-electron chi connectivity index (χ4n) is 6.72. The van der Waals surface area contributed by atoms with Gasteiger partial charge in [-0.3, -0.25) is 4.90 Å². The number of para-hydroxylation sites is 1. The van der Waals surface area contributed by atoms with Crippen LogP contribution in [0, 0.1) is 0 Å². The molecule has 1 unspecified atom stereocenters. The molecule has 1 spiro atoms. The smallest absolute Gasteiger partial charge is 0.182 e. The third-order valence-corrected chi connectivity index (χ3v) is 9.75. The number of anilines is 3. The largest absolute Gasteiger partial charge is 0.606 e. The van der Waals surface area contributed by atoms with Gasteiger partial charge in [0, 0.05) is 28.5 Å². The molecule has 4 aromatic carbocycles. The van der Waals surface area contributed by atoms with Crippen molar-refractivity contribution in [3.05, 3.63) is 131 Å². The van der Waals surface area contributed by atoms with E-state index >= 15 is 0 Å². The Balaban J connectivity index is 1.55. The molecule has 37 heavy (non-hydrogen) atoms. The van der Waals surface area contributed by atoms with Crippen molar-refractivity contribution < 1.29 is 4.55 Å². The first kappa shape index (κ1) is 21.2. The van der Waals surface area contributed by atoms with Crippen molar-refractivity contribution in [2.24, 2.45) is 0 Å². The first-order valence-corrected chi connectivity index (χ1v) is 13.9. The Morgan fingerprint density at radius 1 is 0.730 bits per heavy atom. The SMILES string of the molecule is CC(C)c1ccc2c(c1)N1c3ncccc3C3(c4ccccc4-c4ccccc43)c3cccc(c31)[S+]2[O-]. The first-order chi connectivity index (χ1) is 18.1. The quantitative estimate of drug-likeness (QED) is 0.217. The molecule has 1 aliphatic carbocycles. The maximum atomic E-state index is 14.1. The van der Waals surface area contributed by atoms with E-state index in [4.69, 9.17) is 4.98 Å². The van der Waals surface area contributed by atoms with Gasteiger partial charge >= 0.3 is 0 Å². The van der Waals surface area contributed by atoms with Crippen molar-refractivity contribution in [2.45, 2.75) is 35.0 Å². The average Bonchev–Trinajstić information content (AvgIpc) is 3.23. The van der Waals surface area contributed by atoms with Crippen LogP contribution in [0.1, 0.15) is 47.6 Å². The predicted molar refractivity (Wildman–Crippen MR) is 149 cm³/mol. The zero-order valence-electron chi connectivity index (χ0n) is 20.6. The molecular weight excluding hydrogens is 472 g/mol. The lowest BCUT2D eigenvalue weighted by Crippen LogP contribution is -2.39. The van der Waals surface area contributed by atoms with Crippen molar-refractivity contribution in [2.75, 3.05) is 4.90 Å². The van der Waals surface area contributed by atoms with Crippen molar-refractivity contribution in [3.63, 3.8) is 0 Å². The first-order valence-electron chi connectivity index (χ1n) is 12.8. The molecular formula is C33H24N2OS. The Labute approximate surface area is 219 Å². The lowest BCUT2D eigenvalue weighted by Gasteiger charge is -2.46. The van der Waals surface area contributed by atoms with Crippen molar-refractivity contribution in [1.29, 1.82) is 0 Å². The fraction of sp³-hybridized carbons (Fsp3) is 0.121. The molecule has 0 radical (unpaired) electrons. The van der Waals surface area contributed by atoms with E-state index < -0.39 is 16.6 Å². The monoisotopic (exact) mass is 496 g/mol. The summed E-state index contributed by atoms with van der Waals surface area (Å²) in [6.45, 7) is 4.40. The van der Waals surface area contributed by atoms with Gasteiger partial charge in [0.25, 0.3) is 0 Å². The van der Waals surface area contributed by atoms with Gasteiger partial charge in [-0.05, 0) is 58.0 Å². The molecule has 3 aliphatic rings. The van der Waals surface area contributed by atoms with Crippen LogP contribution in [-0.2, 0) is 16.6 Å². The predicted octanol–water partition coefficient (Wildman–Crippen LogP) is 7.83. The van der Waals surface area contributed by atoms with Crippen molar-refractivity contribution >= 4 is 28.4 Å². The zero-order valence-corrected chi connectivity index (χ0v) is 21.4. The number of rotatable bonds is 1. The van der Waals surface area contributed by atoms with Crippen LogP contribution >= 0.6 is 0 Å². The molecule has 0 saturated heterocycles. The molecule has 3 nitrogen and oxygen atoms in total. The minimum absolute atomic E-state index is 0.364. The molecule has 1 aromatic heterocycles. The molecule has 0 bridgehead atoms. The molecule has 5 aromatic rings. The zero-order chi connectivity index (χ0) is 24.9. The van der Waals surface area contributed by atoms with E-state index in [2.05, 4.69) is 97.6 Å². The van der Waals surface area contributed by atoms with E-state index in [0.29, 0.717) is 5.92 Å². The Morgan fingerprint density at radius 2 is 1.41 bits per heavy atom. The van der Waals surface area contributed by atoms with Crippen LogP contribution in [0.2, 0.25) is 0 Å². The second-order valence-corrected chi connectivity index (χ2v) is 11.8. The normalized spacial score (nSPS) is 17.2. The standard InChI is InChI=1S/C33H24N2OS/c1-20(2)21-16-17-29-28(19-21)35-31-26(13-7-15-30(31)37(29)36)33(27-14-8-18-34-32(27)35)24-11-5-3-9-22(24)23-10-4-6-12-25(23)33/h3-20H,1-2H3.